The van der Waals surface area contributed by atoms with Crippen LogP contribution in [0.15, 0.2) is 54.9 Å². The first kappa shape index (κ1) is 27.2. The van der Waals surface area contributed by atoms with Crippen LogP contribution in [0, 0.1) is 16.8 Å². The van der Waals surface area contributed by atoms with E-state index in [1.54, 1.807) is 0 Å². The molecule has 1 unspecified atom stereocenters. The Morgan fingerprint density at radius 3 is 2.53 bits per heavy atom. The number of carbonyl (C=O) groups is 1. The van der Waals surface area contributed by atoms with Gasteiger partial charge in [0.05, 0.1) is 18.3 Å². The van der Waals surface area contributed by atoms with Crippen LogP contribution in [0.25, 0.3) is 0 Å². The first-order chi connectivity index (χ1) is 17.3. The SMILES string of the molecule is CCCc1c(C(=O)NC(Cc2cc(F)cc(F)c2)[C@@H](O)CNCc2cccc(CC)c2)ncc[n+]1[O-]. The summed E-state index contributed by atoms with van der Waals surface area (Å²) in [6.07, 6.45) is 3.23. The smallest absolute Gasteiger partial charge is 0.276 e. The summed E-state index contributed by atoms with van der Waals surface area (Å²) in [5, 5.41) is 29.1. The number of halogens is 2. The second-order valence-electron chi connectivity index (χ2n) is 8.73. The maximum absolute atomic E-state index is 13.8. The van der Waals surface area contributed by atoms with E-state index in [1.807, 2.05) is 25.1 Å². The molecule has 0 bridgehead atoms. The van der Waals surface area contributed by atoms with E-state index < -0.39 is 29.7 Å². The van der Waals surface area contributed by atoms with Crippen LogP contribution in [-0.4, -0.2) is 34.7 Å². The molecule has 2 aromatic carbocycles. The molecule has 3 aromatic rings. The molecule has 2 atom stereocenters. The number of nitrogens with one attached hydrogen (secondary N) is 2. The quantitative estimate of drug-likeness (QED) is 0.263. The number of amides is 1. The van der Waals surface area contributed by atoms with Crippen LogP contribution < -0.4 is 15.4 Å². The average Bonchev–Trinajstić information content (AvgIpc) is 2.84. The summed E-state index contributed by atoms with van der Waals surface area (Å²) in [5.74, 6) is -2.14. The largest absolute Gasteiger partial charge is 0.618 e. The molecule has 0 saturated carbocycles. The lowest BCUT2D eigenvalue weighted by molar-refractivity contribution is -0.614. The zero-order chi connectivity index (χ0) is 26.1. The third-order valence-electron chi connectivity index (χ3n) is 5.89. The van der Waals surface area contributed by atoms with Crippen molar-refractivity contribution in [1.82, 2.24) is 15.6 Å². The van der Waals surface area contributed by atoms with E-state index in [0.717, 1.165) is 30.2 Å². The van der Waals surface area contributed by atoms with Crippen LogP contribution in [0.3, 0.4) is 0 Å². The minimum absolute atomic E-state index is 0.0259. The molecule has 192 valence electrons. The molecule has 36 heavy (non-hydrogen) atoms. The second-order valence-corrected chi connectivity index (χ2v) is 8.73. The normalized spacial score (nSPS) is 12.8. The zero-order valence-electron chi connectivity index (χ0n) is 20.5. The maximum Gasteiger partial charge on any atom is 0.276 e. The van der Waals surface area contributed by atoms with Crippen molar-refractivity contribution in [2.24, 2.45) is 0 Å². The Kier molecular flexibility index (Phi) is 9.84. The molecule has 0 aliphatic heterocycles. The van der Waals surface area contributed by atoms with Gasteiger partial charge in [-0.05, 0) is 48.1 Å². The third-order valence-corrected chi connectivity index (χ3v) is 5.89. The van der Waals surface area contributed by atoms with Crippen molar-refractivity contribution in [3.05, 3.63) is 99.8 Å². The van der Waals surface area contributed by atoms with Crippen molar-refractivity contribution in [2.45, 2.75) is 58.2 Å². The monoisotopic (exact) mass is 498 g/mol. The molecule has 9 heteroatoms. The lowest BCUT2D eigenvalue weighted by atomic mass is 10.00. The van der Waals surface area contributed by atoms with Crippen LogP contribution >= 0.6 is 0 Å². The van der Waals surface area contributed by atoms with Crippen molar-refractivity contribution in [3.8, 4) is 0 Å². The summed E-state index contributed by atoms with van der Waals surface area (Å²) in [6, 6.07) is 10.2. The molecule has 3 N–H and O–H groups in total. The van der Waals surface area contributed by atoms with E-state index in [9.17, 15) is 23.9 Å². The molecule has 0 saturated heterocycles. The van der Waals surface area contributed by atoms with Crippen molar-refractivity contribution < 1.29 is 23.4 Å². The van der Waals surface area contributed by atoms with Crippen LogP contribution in [0.4, 0.5) is 8.78 Å². The molecule has 1 heterocycles. The number of aromatic nitrogens is 2. The van der Waals surface area contributed by atoms with Gasteiger partial charge in [-0.3, -0.25) is 4.79 Å². The molecular formula is C27H32F2N4O3. The predicted molar refractivity (Wildman–Crippen MR) is 132 cm³/mol. The molecule has 1 aromatic heterocycles. The number of aryl methyl sites for hydroxylation is 1. The van der Waals surface area contributed by atoms with Crippen molar-refractivity contribution in [3.63, 3.8) is 0 Å². The fourth-order valence-electron chi connectivity index (χ4n) is 4.06. The van der Waals surface area contributed by atoms with Crippen LogP contribution in [0.5, 0.6) is 0 Å². The van der Waals surface area contributed by atoms with E-state index >= 15 is 0 Å². The minimum Gasteiger partial charge on any atom is -0.618 e. The summed E-state index contributed by atoms with van der Waals surface area (Å²) in [4.78, 5) is 17.2. The van der Waals surface area contributed by atoms with E-state index in [0.29, 0.717) is 24.1 Å². The van der Waals surface area contributed by atoms with E-state index in [1.165, 1.54) is 18.0 Å². The number of carbonyl (C=O) groups excluding carboxylic acids is 1. The maximum atomic E-state index is 13.8. The van der Waals surface area contributed by atoms with Gasteiger partial charge in [0.15, 0.2) is 11.9 Å². The molecule has 7 nitrogen and oxygen atoms in total. The van der Waals surface area contributed by atoms with E-state index in [2.05, 4.69) is 28.6 Å². The van der Waals surface area contributed by atoms with Gasteiger partial charge in [0.25, 0.3) is 5.91 Å². The number of hydrogen-bond acceptors (Lipinski definition) is 5. The van der Waals surface area contributed by atoms with Crippen molar-refractivity contribution >= 4 is 5.91 Å². The average molecular weight is 499 g/mol. The van der Waals surface area contributed by atoms with Gasteiger partial charge in [-0.15, -0.1) is 0 Å². The Morgan fingerprint density at radius 1 is 1.11 bits per heavy atom. The summed E-state index contributed by atoms with van der Waals surface area (Å²) in [7, 11) is 0. The standard InChI is InChI=1S/C27H32F2N4O3/c1-3-6-24-26(31-9-10-33(24)36)27(35)32-23(14-20-12-21(28)15-22(29)13-20)25(34)17-30-16-19-8-5-7-18(4-2)11-19/h5,7-13,15,23,25,30,34H,3-4,6,14,16-17H2,1-2H3,(H,32,35)/t23?,25-/m0/s1. The molecule has 1 amide bonds. The zero-order valence-corrected chi connectivity index (χ0v) is 20.5. The molecule has 0 fully saturated rings. The highest BCUT2D eigenvalue weighted by Gasteiger charge is 2.27. The lowest BCUT2D eigenvalue weighted by Gasteiger charge is -2.25. The number of nitrogens with zero attached hydrogens (tertiary/aromatic N) is 2. The second kappa shape index (κ2) is 13.0. The van der Waals surface area contributed by atoms with Gasteiger partial charge in [-0.1, -0.05) is 38.1 Å². The summed E-state index contributed by atoms with van der Waals surface area (Å²) in [5.41, 5.74) is 2.70. The Labute approximate surface area is 209 Å². The molecule has 0 spiro atoms. The Hall–Kier alpha value is -3.43. The Morgan fingerprint density at radius 2 is 1.83 bits per heavy atom. The van der Waals surface area contributed by atoms with Crippen molar-refractivity contribution in [1.29, 1.82) is 0 Å². The number of hydrogen-bond donors (Lipinski definition) is 3. The van der Waals surface area contributed by atoms with Gasteiger partial charge in [-0.25, -0.2) is 13.8 Å². The van der Waals surface area contributed by atoms with Gasteiger partial charge in [0, 0.05) is 25.6 Å². The Bertz CT molecular complexity index is 1160. The highest BCUT2D eigenvalue weighted by Crippen LogP contribution is 2.13. The minimum atomic E-state index is -1.09. The summed E-state index contributed by atoms with van der Waals surface area (Å²) in [6.45, 7) is 4.56. The fourth-order valence-corrected chi connectivity index (χ4v) is 4.06. The van der Waals surface area contributed by atoms with Gasteiger partial charge in [0.1, 0.15) is 11.6 Å². The first-order valence-electron chi connectivity index (χ1n) is 12.1. The van der Waals surface area contributed by atoms with Gasteiger partial charge in [-0.2, -0.15) is 4.73 Å². The summed E-state index contributed by atoms with van der Waals surface area (Å²) >= 11 is 0. The lowest BCUT2D eigenvalue weighted by Crippen LogP contribution is -2.49. The Balaban J connectivity index is 1.77. The van der Waals surface area contributed by atoms with Gasteiger partial charge in [0.2, 0.25) is 5.69 Å². The highest BCUT2D eigenvalue weighted by molar-refractivity contribution is 5.93. The van der Waals surface area contributed by atoms with Crippen LogP contribution in [0.1, 0.15) is 53.1 Å². The molecule has 0 radical (unpaired) electrons. The molecule has 3 rings (SSSR count). The predicted octanol–water partition coefficient (Wildman–Crippen LogP) is 3.00. The first-order valence-corrected chi connectivity index (χ1v) is 12.1. The number of aliphatic hydroxyl groups excluding tert-OH is 1. The number of rotatable bonds is 12. The molecular weight excluding hydrogens is 466 g/mol. The highest BCUT2D eigenvalue weighted by atomic mass is 19.1. The van der Waals surface area contributed by atoms with Gasteiger partial charge < -0.3 is 20.9 Å². The van der Waals surface area contributed by atoms with Gasteiger partial charge >= 0.3 is 0 Å². The number of aliphatic hydroxyl groups is 1. The van der Waals surface area contributed by atoms with Crippen molar-refractivity contribution in [2.75, 3.05) is 6.54 Å². The number of benzene rings is 2. The van der Waals surface area contributed by atoms with Crippen LogP contribution in [0.2, 0.25) is 0 Å². The van der Waals surface area contributed by atoms with E-state index in [4.69, 9.17) is 0 Å². The summed E-state index contributed by atoms with van der Waals surface area (Å²) < 4.78 is 28.2. The molecule has 0 aliphatic rings. The topological polar surface area (TPSA) is 101 Å². The third kappa shape index (κ3) is 7.53. The van der Waals surface area contributed by atoms with Crippen LogP contribution in [-0.2, 0) is 25.8 Å². The van der Waals surface area contributed by atoms with E-state index in [-0.39, 0.29) is 29.9 Å². The molecule has 0 aliphatic carbocycles. The fraction of sp³-hybridized carbons (Fsp3) is 0.370.